The van der Waals surface area contributed by atoms with Crippen molar-refractivity contribution in [3.05, 3.63) is 35.5 Å². The second kappa shape index (κ2) is 4.00. The Kier molecular flexibility index (Phi) is 2.69. The van der Waals surface area contributed by atoms with Crippen LogP contribution in [0.15, 0.2) is 24.3 Å². The summed E-state index contributed by atoms with van der Waals surface area (Å²) in [6.07, 6.45) is 0.825. The third kappa shape index (κ3) is 1.40. The van der Waals surface area contributed by atoms with Crippen LogP contribution in [0.5, 0.6) is 0 Å². The number of carbonyl (C=O) groups is 1. The van der Waals surface area contributed by atoms with Gasteiger partial charge >= 0.3 is 0 Å². The van der Waals surface area contributed by atoms with Crippen molar-refractivity contribution in [2.24, 2.45) is 5.73 Å². The molecule has 2 rings (SSSR count). The molecular formula is C13H16N2O. The molecule has 0 aliphatic rings. The van der Waals surface area contributed by atoms with Crippen molar-refractivity contribution >= 4 is 16.8 Å². The van der Waals surface area contributed by atoms with Crippen LogP contribution >= 0.6 is 0 Å². The monoisotopic (exact) mass is 216 g/mol. The Morgan fingerprint density at radius 3 is 2.56 bits per heavy atom. The quantitative estimate of drug-likeness (QED) is 0.841. The third-order valence-corrected chi connectivity index (χ3v) is 2.98. The molecule has 3 nitrogen and oxygen atoms in total. The second-order valence-corrected chi connectivity index (χ2v) is 3.81. The maximum atomic E-state index is 11.5. The largest absolute Gasteiger partial charge is 0.364 e. The van der Waals surface area contributed by atoms with E-state index in [0.29, 0.717) is 5.69 Å². The number of nitrogens with two attached hydrogens (primary N) is 1. The summed E-state index contributed by atoms with van der Waals surface area (Å²) in [6, 6.07) is 8.06. The fourth-order valence-corrected chi connectivity index (χ4v) is 2.34. The highest BCUT2D eigenvalue weighted by molar-refractivity contribution is 6.01. The summed E-state index contributed by atoms with van der Waals surface area (Å²) in [5, 5.41) is 1.14. The van der Waals surface area contributed by atoms with Gasteiger partial charge in [-0.3, -0.25) is 4.79 Å². The molecule has 0 saturated carbocycles. The van der Waals surface area contributed by atoms with Crippen molar-refractivity contribution in [2.45, 2.75) is 26.8 Å². The Morgan fingerprint density at radius 1 is 1.31 bits per heavy atom. The molecule has 1 heterocycles. The number of fused-ring (bicyclic) bond motifs is 1. The van der Waals surface area contributed by atoms with Gasteiger partial charge in [-0.05, 0) is 25.0 Å². The summed E-state index contributed by atoms with van der Waals surface area (Å²) >= 11 is 0. The van der Waals surface area contributed by atoms with Crippen molar-refractivity contribution < 1.29 is 4.79 Å². The first kappa shape index (κ1) is 10.7. The Labute approximate surface area is 94.9 Å². The maximum Gasteiger partial charge on any atom is 0.265 e. The molecule has 2 aromatic rings. The van der Waals surface area contributed by atoms with Gasteiger partial charge in [0, 0.05) is 17.4 Å². The van der Waals surface area contributed by atoms with E-state index in [1.54, 1.807) is 0 Å². The number of para-hydroxylation sites is 1. The lowest BCUT2D eigenvalue weighted by molar-refractivity contribution is 0.0991. The van der Waals surface area contributed by atoms with E-state index >= 15 is 0 Å². The van der Waals surface area contributed by atoms with Crippen LogP contribution in [0.4, 0.5) is 0 Å². The predicted octanol–water partition coefficient (Wildman–Crippen LogP) is 2.32. The van der Waals surface area contributed by atoms with E-state index in [4.69, 9.17) is 5.73 Å². The highest BCUT2D eigenvalue weighted by Gasteiger charge is 2.18. The van der Waals surface area contributed by atoms with Crippen LogP contribution in [0, 0.1) is 0 Å². The predicted molar refractivity (Wildman–Crippen MR) is 65.5 cm³/mol. The molecule has 0 fully saturated rings. The number of rotatable bonds is 3. The molecule has 1 amide bonds. The van der Waals surface area contributed by atoms with Crippen LogP contribution in [-0.4, -0.2) is 10.5 Å². The van der Waals surface area contributed by atoms with Crippen molar-refractivity contribution in [1.82, 2.24) is 4.57 Å². The van der Waals surface area contributed by atoms with E-state index in [2.05, 4.69) is 0 Å². The molecule has 2 N–H and O–H groups in total. The average molecular weight is 216 g/mol. The summed E-state index contributed by atoms with van der Waals surface area (Å²) < 4.78 is 2.00. The molecule has 0 bridgehead atoms. The van der Waals surface area contributed by atoms with Gasteiger partial charge in [0.15, 0.2) is 0 Å². The fourth-order valence-electron chi connectivity index (χ4n) is 2.34. The molecule has 0 unspecified atom stereocenters. The van der Waals surface area contributed by atoms with Gasteiger partial charge in [-0.25, -0.2) is 0 Å². The SMILES string of the molecule is CCc1c(C(N)=O)n(CC)c2ccccc12. The molecule has 1 aromatic heterocycles. The summed E-state index contributed by atoms with van der Waals surface area (Å²) in [4.78, 5) is 11.5. The molecule has 84 valence electrons. The Morgan fingerprint density at radius 2 is 2.00 bits per heavy atom. The van der Waals surface area contributed by atoms with Crippen LogP contribution in [0.25, 0.3) is 10.9 Å². The van der Waals surface area contributed by atoms with Crippen molar-refractivity contribution in [1.29, 1.82) is 0 Å². The van der Waals surface area contributed by atoms with E-state index in [0.717, 1.165) is 29.4 Å². The molecule has 0 atom stereocenters. The van der Waals surface area contributed by atoms with Crippen LogP contribution in [0.1, 0.15) is 29.9 Å². The average Bonchev–Trinajstić information content (AvgIpc) is 2.62. The molecular weight excluding hydrogens is 200 g/mol. The van der Waals surface area contributed by atoms with Crippen LogP contribution in [-0.2, 0) is 13.0 Å². The van der Waals surface area contributed by atoms with Gasteiger partial charge in [-0.15, -0.1) is 0 Å². The zero-order valence-corrected chi connectivity index (χ0v) is 9.66. The van der Waals surface area contributed by atoms with E-state index in [1.807, 2.05) is 42.7 Å². The molecule has 1 aromatic carbocycles. The Hall–Kier alpha value is -1.77. The van der Waals surface area contributed by atoms with Gasteiger partial charge in [-0.2, -0.15) is 0 Å². The topological polar surface area (TPSA) is 48.0 Å². The smallest absolute Gasteiger partial charge is 0.265 e. The molecule has 0 spiro atoms. The number of nitrogens with zero attached hydrogens (tertiary/aromatic N) is 1. The number of aryl methyl sites for hydroxylation is 2. The first-order valence-electron chi connectivity index (χ1n) is 5.60. The zero-order chi connectivity index (χ0) is 11.7. The normalized spacial score (nSPS) is 10.9. The van der Waals surface area contributed by atoms with Gasteiger partial charge in [0.25, 0.3) is 5.91 Å². The van der Waals surface area contributed by atoms with Gasteiger partial charge in [-0.1, -0.05) is 25.1 Å². The molecule has 16 heavy (non-hydrogen) atoms. The van der Waals surface area contributed by atoms with Crippen LogP contribution < -0.4 is 5.73 Å². The first-order valence-corrected chi connectivity index (χ1v) is 5.60. The first-order chi connectivity index (χ1) is 7.70. The molecule has 0 aliphatic heterocycles. The van der Waals surface area contributed by atoms with Gasteiger partial charge in [0.05, 0.1) is 0 Å². The number of benzene rings is 1. The zero-order valence-electron chi connectivity index (χ0n) is 9.66. The lowest BCUT2D eigenvalue weighted by Crippen LogP contribution is -2.18. The molecule has 0 saturated heterocycles. The van der Waals surface area contributed by atoms with E-state index in [1.165, 1.54) is 0 Å². The lowest BCUT2D eigenvalue weighted by atomic mass is 10.1. The Bertz CT molecular complexity index is 499. The van der Waals surface area contributed by atoms with Crippen LogP contribution in [0.2, 0.25) is 0 Å². The van der Waals surface area contributed by atoms with Crippen LogP contribution in [0.3, 0.4) is 0 Å². The number of amides is 1. The summed E-state index contributed by atoms with van der Waals surface area (Å²) in [5.74, 6) is -0.338. The summed E-state index contributed by atoms with van der Waals surface area (Å²) in [6.45, 7) is 4.84. The summed E-state index contributed by atoms with van der Waals surface area (Å²) in [7, 11) is 0. The number of aromatic nitrogens is 1. The summed E-state index contributed by atoms with van der Waals surface area (Å²) in [5.41, 5.74) is 8.28. The van der Waals surface area contributed by atoms with Gasteiger partial charge in [0.2, 0.25) is 0 Å². The minimum absolute atomic E-state index is 0.338. The lowest BCUT2D eigenvalue weighted by Gasteiger charge is -2.05. The highest BCUT2D eigenvalue weighted by atomic mass is 16.1. The number of hydrogen-bond donors (Lipinski definition) is 1. The minimum atomic E-state index is -0.338. The minimum Gasteiger partial charge on any atom is -0.364 e. The number of hydrogen-bond acceptors (Lipinski definition) is 1. The van der Waals surface area contributed by atoms with E-state index in [-0.39, 0.29) is 5.91 Å². The standard InChI is InChI=1S/C13H16N2O/c1-3-9-10-7-5-6-8-11(10)15(4-2)12(9)13(14)16/h5-8H,3-4H2,1-2H3,(H2,14,16). The number of primary amides is 1. The molecule has 0 aliphatic carbocycles. The van der Waals surface area contributed by atoms with Gasteiger partial charge in [0.1, 0.15) is 5.69 Å². The van der Waals surface area contributed by atoms with Crippen molar-refractivity contribution in [2.75, 3.05) is 0 Å². The van der Waals surface area contributed by atoms with Gasteiger partial charge < -0.3 is 10.3 Å². The van der Waals surface area contributed by atoms with E-state index in [9.17, 15) is 4.79 Å². The van der Waals surface area contributed by atoms with E-state index < -0.39 is 0 Å². The maximum absolute atomic E-state index is 11.5. The molecule has 3 heteroatoms. The Balaban J connectivity index is 2.89. The third-order valence-electron chi connectivity index (χ3n) is 2.98. The van der Waals surface area contributed by atoms with Crippen molar-refractivity contribution in [3.8, 4) is 0 Å². The highest BCUT2D eigenvalue weighted by Crippen LogP contribution is 2.26. The van der Waals surface area contributed by atoms with Crippen molar-refractivity contribution in [3.63, 3.8) is 0 Å². The number of carbonyl (C=O) groups excluding carboxylic acids is 1. The molecule has 0 radical (unpaired) electrons. The fraction of sp³-hybridized carbons (Fsp3) is 0.308. The second-order valence-electron chi connectivity index (χ2n) is 3.81.